The number of aromatic nitrogens is 3. The number of benzene rings is 1. The van der Waals surface area contributed by atoms with Gasteiger partial charge in [0.1, 0.15) is 28.8 Å². The number of nitriles is 1. The van der Waals surface area contributed by atoms with Crippen LogP contribution in [0.15, 0.2) is 34.9 Å². The molecule has 3 saturated carbocycles. The minimum Gasteiger partial charge on any atom is -0.383 e. The van der Waals surface area contributed by atoms with Crippen molar-refractivity contribution < 1.29 is 13.7 Å². The van der Waals surface area contributed by atoms with E-state index in [9.17, 15) is 14.4 Å². The summed E-state index contributed by atoms with van der Waals surface area (Å²) in [5.41, 5.74) is 8.20. The summed E-state index contributed by atoms with van der Waals surface area (Å²) in [5, 5.41) is 21.0. The third kappa shape index (κ3) is 4.18. The molecule has 1 aromatic carbocycles. The zero-order chi connectivity index (χ0) is 24.8. The number of nitrogen functional groups attached to an aromatic ring is 1. The summed E-state index contributed by atoms with van der Waals surface area (Å²) in [6, 6.07) is 11.3. The van der Waals surface area contributed by atoms with E-state index in [1.165, 1.54) is 0 Å². The molecule has 2 bridgehead atoms. The molecule has 0 radical (unpaired) electrons. The zero-order valence-electron chi connectivity index (χ0n) is 20.0. The number of hydrogen-bond acceptors (Lipinski definition) is 6. The average molecular weight is 477 g/mol. The first kappa shape index (κ1) is 23.1. The first-order valence-corrected chi connectivity index (χ1v) is 12.1. The van der Waals surface area contributed by atoms with Crippen LogP contribution < -0.4 is 11.1 Å². The molecule has 6 rings (SSSR count). The van der Waals surface area contributed by atoms with Crippen LogP contribution in [0, 0.1) is 11.3 Å². The molecule has 182 valence electrons. The van der Waals surface area contributed by atoms with Crippen LogP contribution in [0.25, 0.3) is 11.3 Å². The fourth-order valence-electron chi connectivity index (χ4n) is 5.41. The number of halogens is 1. The molecule has 0 aliphatic heterocycles. The fraction of sp³-hybridized carbons (Fsp3) is 0.462. The van der Waals surface area contributed by atoms with E-state index in [0.717, 1.165) is 36.1 Å². The summed E-state index contributed by atoms with van der Waals surface area (Å²) in [6.07, 6.45) is 4.16. The van der Waals surface area contributed by atoms with Crippen LogP contribution in [0.1, 0.15) is 75.2 Å². The van der Waals surface area contributed by atoms with Crippen molar-refractivity contribution in [1.82, 2.24) is 14.9 Å². The molecule has 3 aliphatic carbocycles. The fourth-order valence-corrected chi connectivity index (χ4v) is 5.41. The van der Waals surface area contributed by atoms with Crippen LogP contribution in [0.2, 0.25) is 0 Å². The quantitative estimate of drug-likeness (QED) is 0.512. The number of carbonyl (C=O) groups excluding carboxylic acids is 1. The minimum absolute atomic E-state index is 0.0310. The van der Waals surface area contributed by atoms with Gasteiger partial charge in [0.25, 0.3) is 0 Å². The number of fused-ring (bicyclic) bond motifs is 3. The van der Waals surface area contributed by atoms with Gasteiger partial charge in [0.05, 0.1) is 12.1 Å². The van der Waals surface area contributed by atoms with E-state index in [0.29, 0.717) is 42.2 Å². The summed E-state index contributed by atoms with van der Waals surface area (Å²) in [6.45, 7) is 3.90. The second-order valence-corrected chi connectivity index (χ2v) is 10.2. The van der Waals surface area contributed by atoms with Gasteiger partial charge >= 0.3 is 0 Å². The Balaban J connectivity index is 1.24. The Labute approximate surface area is 203 Å². The number of nitrogens with zero attached hydrogens (tertiary/aromatic N) is 4. The Morgan fingerprint density at radius 1 is 1.23 bits per heavy atom. The predicted octanol–water partition coefficient (Wildman–Crippen LogP) is 5.07. The van der Waals surface area contributed by atoms with E-state index < -0.39 is 5.67 Å². The maximum atomic E-state index is 14.5. The summed E-state index contributed by atoms with van der Waals surface area (Å²) < 4.78 is 21.5. The third-order valence-electron chi connectivity index (χ3n) is 7.61. The standard InChI is InChI=1S/C26H29FN6O2/c1-16(2)33-24(29)19(15-28)23(31-33)18-5-3-17(4-6-18)13-21(34)30-22-14-20(32-35-22)25-7-10-26(27,11-8-25)12-9-25/h3-6,14,16H,7-13,29H2,1-2H3,(H,30,34). The molecular weight excluding hydrogens is 447 g/mol. The van der Waals surface area contributed by atoms with Gasteiger partial charge in [-0.3, -0.25) is 10.1 Å². The minimum atomic E-state index is -1.00. The Kier molecular flexibility index (Phi) is 5.62. The molecule has 1 amide bonds. The summed E-state index contributed by atoms with van der Waals surface area (Å²) in [4.78, 5) is 12.6. The third-order valence-corrected chi connectivity index (χ3v) is 7.61. The molecule has 2 heterocycles. The number of hydrogen-bond donors (Lipinski definition) is 2. The first-order valence-electron chi connectivity index (χ1n) is 12.1. The van der Waals surface area contributed by atoms with Crippen LogP contribution in [0.3, 0.4) is 0 Å². The van der Waals surface area contributed by atoms with Crippen LogP contribution in [0.5, 0.6) is 0 Å². The molecule has 9 heteroatoms. The van der Waals surface area contributed by atoms with Gasteiger partial charge in [-0.1, -0.05) is 29.4 Å². The predicted molar refractivity (Wildman–Crippen MR) is 129 cm³/mol. The second kappa shape index (κ2) is 8.52. The molecule has 35 heavy (non-hydrogen) atoms. The van der Waals surface area contributed by atoms with Crippen molar-refractivity contribution in [2.45, 2.75) is 75.9 Å². The molecule has 0 spiro atoms. The maximum Gasteiger partial charge on any atom is 0.231 e. The van der Waals surface area contributed by atoms with E-state index >= 15 is 0 Å². The molecule has 0 unspecified atom stereocenters. The number of anilines is 2. The Hall–Kier alpha value is -3.67. The topological polar surface area (TPSA) is 123 Å². The van der Waals surface area contributed by atoms with Gasteiger partial charge in [-0.25, -0.2) is 9.07 Å². The lowest BCUT2D eigenvalue weighted by molar-refractivity contribution is -0.115. The lowest BCUT2D eigenvalue weighted by Gasteiger charge is -2.48. The van der Waals surface area contributed by atoms with Gasteiger partial charge in [-0.15, -0.1) is 0 Å². The van der Waals surface area contributed by atoms with Crippen molar-refractivity contribution in [2.75, 3.05) is 11.1 Å². The summed E-state index contributed by atoms with van der Waals surface area (Å²) >= 11 is 0. The van der Waals surface area contributed by atoms with Crippen molar-refractivity contribution in [3.05, 3.63) is 47.2 Å². The van der Waals surface area contributed by atoms with Crippen LogP contribution >= 0.6 is 0 Å². The summed E-state index contributed by atoms with van der Waals surface area (Å²) in [7, 11) is 0. The molecule has 3 N–H and O–H groups in total. The van der Waals surface area contributed by atoms with Gasteiger partial charge in [0.2, 0.25) is 11.8 Å². The molecule has 2 aromatic heterocycles. The van der Waals surface area contributed by atoms with Gasteiger partial charge < -0.3 is 10.3 Å². The van der Waals surface area contributed by atoms with Crippen LogP contribution in [0.4, 0.5) is 16.1 Å². The number of alkyl halides is 1. The Morgan fingerprint density at radius 2 is 1.89 bits per heavy atom. The monoisotopic (exact) mass is 476 g/mol. The maximum absolute atomic E-state index is 14.5. The van der Waals surface area contributed by atoms with E-state index in [1.807, 2.05) is 38.1 Å². The SMILES string of the molecule is CC(C)n1nc(-c2ccc(CC(=O)Nc3cc(C45CCC(F)(CC4)CC5)no3)cc2)c(C#N)c1N. The van der Waals surface area contributed by atoms with Crippen molar-refractivity contribution in [2.24, 2.45) is 0 Å². The van der Waals surface area contributed by atoms with Gasteiger partial charge in [-0.05, 0) is 57.9 Å². The molecule has 0 atom stereocenters. The number of rotatable bonds is 6. The largest absolute Gasteiger partial charge is 0.383 e. The van der Waals surface area contributed by atoms with Crippen molar-refractivity contribution in [3.63, 3.8) is 0 Å². The zero-order valence-corrected chi connectivity index (χ0v) is 20.0. The molecule has 0 saturated heterocycles. The van der Waals surface area contributed by atoms with Crippen molar-refractivity contribution in [1.29, 1.82) is 5.26 Å². The number of nitrogens with one attached hydrogen (secondary N) is 1. The highest BCUT2D eigenvalue weighted by atomic mass is 19.1. The van der Waals surface area contributed by atoms with E-state index in [1.54, 1.807) is 10.7 Å². The van der Waals surface area contributed by atoms with Crippen molar-refractivity contribution in [3.8, 4) is 17.3 Å². The lowest BCUT2D eigenvalue weighted by atomic mass is 9.58. The number of nitrogens with two attached hydrogens (primary N) is 1. The van der Waals surface area contributed by atoms with Gasteiger partial charge in [0.15, 0.2) is 0 Å². The van der Waals surface area contributed by atoms with Gasteiger partial charge in [-0.2, -0.15) is 10.4 Å². The molecule has 3 aromatic rings. The van der Waals surface area contributed by atoms with E-state index in [-0.39, 0.29) is 23.8 Å². The normalized spacial score (nSPS) is 23.4. The first-order chi connectivity index (χ1) is 16.7. The lowest BCUT2D eigenvalue weighted by Crippen LogP contribution is -2.45. The number of carbonyl (C=O) groups is 1. The molecular formula is C26H29FN6O2. The highest BCUT2D eigenvalue weighted by Crippen LogP contribution is 2.55. The number of amides is 1. The van der Waals surface area contributed by atoms with Gasteiger partial charge in [0, 0.05) is 23.1 Å². The van der Waals surface area contributed by atoms with E-state index in [4.69, 9.17) is 10.3 Å². The summed E-state index contributed by atoms with van der Waals surface area (Å²) in [5.74, 6) is 0.434. The smallest absolute Gasteiger partial charge is 0.231 e. The Morgan fingerprint density at radius 3 is 2.49 bits per heavy atom. The molecule has 8 nitrogen and oxygen atoms in total. The highest BCUT2D eigenvalue weighted by molar-refractivity contribution is 5.91. The average Bonchev–Trinajstić information content (AvgIpc) is 3.45. The second-order valence-electron chi connectivity index (χ2n) is 10.2. The van der Waals surface area contributed by atoms with Crippen LogP contribution in [-0.4, -0.2) is 26.5 Å². The van der Waals surface area contributed by atoms with E-state index in [2.05, 4.69) is 21.6 Å². The van der Waals surface area contributed by atoms with Crippen LogP contribution in [-0.2, 0) is 16.6 Å². The Bertz CT molecular complexity index is 1280. The molecule has 3 aliphatic rings. The highest BCUT2D eigenvalue weighted by Gasteiger charge is 2.51. The van der Waals surface area contributed by atoms with Crippen molar-refractivity contribution >= 4 is 17.6 Å². The molecule has 3 fully saturated rings.